The fourth-order valence-corrected chi connectivity index (χ4v) is 3.84. The van der Waals surface area contributed by atoms with E-state index in [1.54, 1.807) is 0 Å². The molecule has 10 heteroatoms. The first-order valence-electron chi connectivity index (χ1n) is 10.1. The smallest absolute Gasteiger partial charge is 0.338 e. The number of carboxylic acids is 1. The largest absolute Gasteiger partial charge is 0.504 e. The van der Waals surface area contributed by atoms with Gasteiger partial charge in [0.25, 0.3) is 0 Å². The highest BCUT2D eigenvalue weighted by atomic mass is 16.6. The summed E-state index contributed by atoms with van der Waals surface area (Å²) in [5.41, 5.74) is 0.442. The molecule has 4 rings (SSSR count). The summed E-state index contributed by atoms with van der Waals surface area (Å²) >= 11 is 0. The average molecular weight is 468 g/mol. The van der Waals surface area contributed by atoms with Gasteiger partial charge in [0.1, 0.15) is 18.3 Å². The third kappa shape index (κ3) is 4.19. The molecule has 0 radical (unpaired) electrons. The first-order chi connectivity index (χ1) is 16.0. The molecule has 1 aliphatic rings. The lowest BCUT2D eigenvalue weighted by Crippen LogP contribution is -2.43. The van der Waals surface area contributed by atoms with E-state index in [9.17, 15) is 45.3 Å². The molecule has 176 valence electrons. The van der Waals surface area contributed by atoms with Crippen molar-refractivity contribution in [2.45, 2.75) is 24.7 Å². The Balaban J connectivity index is 1.77. The molecule has 0 heterocycles. The van der Waals surface area contributed by atoms with Crippen LogP contribution in [-0.4, -0.2) is 66.0 Å². The highest BCUT2D eigenvalue weighted by Crippen LogP contribution is 2.39. The number of ether oxygens (including phenoxy) is 1. The van der Waals surface area contributed by atoms with Crippen LogP contribution in [0.15, 0.2) is 54.1 Å². The van der Waals surface area contributed by atoms with Crippen molar-refractivity contribution in [2.24, 2.45) is 0 Å². The van der Waals surface area contributed by atoms with Gasteiger partial charge in [0.05, 0.1) is 5.56 Å². The number of hydrogen-bond donors (Lipinski definition) is 7. The number of aliphatic hydroxyl groups excluding tert-OH is 2. The standard InChI is InChI=1S/C24H20O10/c25-16-2-1-10(5-17(16)26)14-4-13(3-11-6-18(27)19(28)9-15(11)14)24(33)34-21-8-12(23(31)32)7-20(29)22(21)30/h1-7,9,20-22,25-30H,8H2,(H,31,32)/t20-,21-,22-/m1/s1. The molecule has 34 heavy (non-hydrogen) atoms. The zero-order valence-electron chi connectivity index (χ0n) is 17.4. The van der Waals surface area contributed by atoms with Crippen LogP contribution in [0.1, 0.15) is 16.8 Å². The summed E-state index contributed by atoms with van der Waals surface area (Å²) in [7, 11) is 0. The second kappa shape index (κ2) is 8.58. The van der Waals surface area contributed by atoms with Crippen molar-refractivity contribution in [3.63, 3.8) is 0 Å². The minimum absolute atomic E-state index is 0.0479. The Kier molecular flexibility index (Phi) is 5.78. The third-order valence-corrected chi connectivity index (χ3v) is 5.63. The van der Waals surface area contributed by atoms with Gasteiger partial charge in [0.15, 0.2) is 23.0 Å². The monoisotopic (exact) mass is 468 g/mol. The topological polar surface area (TPSA) is 185 Å². The van der Waals surface area contributed by atoms with E-state index in [1.165, 1.54) is 42.5 Å². The van der Waals surface area contributed by atoms with Crippen LogP contribution >= 0.6 is 0 Å². The average Bonchev–Trinajstić information content (AvgIpc) is 2.78. The van der Waals surface area contributed by atoms with Crippen molar-refractivity contribution >= 4 is 22.7 Å². The summed E-state index contributed by atoms with van der Waals surface area (Å²) < 4.78 is 5.32. The van der Waals surface area contributed by atoms with Crippen molar-refractivity contribution in [3.8, 4) is 34.1 Å². The van der Waals surface area contributed by atoms with Gasteiger partial charge in [0, 0.05) is 12.0 Å². The lowest BCUT2D eigenvalue weighted by molar-refractivity contribution is -0.134. The maximum Gasteiger partial charge on any atom is 0.338 e. The van der Waals surface area contributed by atoms with Crippen LogP contribution in [-0.2, 0) is 9.53 Å². The van der Waals surface area contributed by atoms with Gasteiger partial charge >= 0.3 is 11.9 Å². The highest BCUT2D eigenvalue weighted by molar-refractivity contribution is 6.04. The number of phenols is 4. The molecule has 10 nitrogen and oxygen atoms in total. The Bertz CT molecular complexity index is 1340. The number of carbonyl (C=O) groups excluding carboxylic acids is 1. The van der Waals surface area contributed by atoms with Crippen LogP contribution in [0.25, 0.3) is 21.9 Å². The molecule has 0 amide bonds. The fourth-order valence-electron chi connectivity index (χ4n) is 3.84. The Morgan fingerprint density at radius 1 is 0.853 bits per heavy atom. The van der Waals surface area contributed by atoms with E-state index in [4.69, 9.17) is 4.74 Å². The Hall–Kier alpha value is -4.28. The number of carboxylic acid groups (broad SMARTS) is 1. The number of benzene rings is 3. The fraction of sp³-hybridized carbons (Fsp3) is 0.167. The quantitative estimate of drug-likeness (QED) is 0.221. The number of aromatic hydroxyl groups is 4. The molecule has 3 aromatic carbocycles. The normalized spacial score (nSPS) is 20.1. The van der Waals surface area contributed by atoms with E-state index in [-0.39, 0.29) is 23.3 Å². The maximum absolute atomic E-state index is 13.0. The molecule has 0 spiro atoms. The molecule has 0 aromatic heterocycles. The number of aliphatic carboxylic acids is 1. The molecule has 0 saturated carbocycles. The third-order valence-electron chi connectivity index (χ3n) is 5.63. The summed E-state index contributed by atoms with van der Waals surface area (Å²) in [4.78, 5) is 24.2. The van der Waals surface area contributed by atoms with Crippen LogP contribution in [0.5, 0.6) is 23.0 Å². The first-order valence-corrected chi connectivity index (χ1v) is 10.1. The van der Waals surface area contributed by atoms with Gasteiger partial charge in [-0.05, 0) is 64.4 Å². The van der Waals surface area contributed by atoms with Crippen LogP contribution in [0.2, 0.25) is 0 Å². The number of hydrogen-bond acceptors (Lipinski definition) is 9. The van der Waals surface area contributed by atoms with Crippen LogP contribution in [0.3, 0.4) is 0 Å². The zero-order valence-corrected chi connectivity index (χ0v) is 17.4. The van der Waals surface area contributed by atoms with Gasteiger partial charge in [0.2, 0.25) is 0 Å². The minimum Gasteiger partial charge on any atom is -0.504 e. The summed E-state index contributed by atoms with van der Waals surface area (Å²) in [5, 5.41) is 69.5. The summed E-state index contributed by atoms with van der Waals surface area (Å²) in [6.45, 7) is 0. The Morgan fingerprint density at radius 3 is 2.21 bits per heavy atom. The predicted molar refractivity (Wildman–Crippen MR) is 118 cm³/mol. The molecular formula is C24H20O10. The lowest BCUT2D eigenvalue weighted by Gasteiger charge is -2.29. The van der Waals surface area contributed by atoms with Crippen molar-refractivity contribution in [1.82, 2.24) is 0 Å². The molecular weight excluding hydrogens is 448 g/mol. The molecule has 0 fully saturated rings. The van der Waals surface area contributed by atoms with Gasteiger partial charge in [-0.2, -0.15) is 0 Å². The SMILES string of the molecule is O=C(O)C1=C[C@@H](O)[C@@H](O)[C@H](OC(=O)c2cc(-c3ccc(O)c(O)c3)c3cc(O)c(O)cc3c2)C1. The lowest BCUT2D eigenvalue weighted by atomic mass is 9.92. The van der Waals surface area contributed by atoms with E-state index in [2.05, 4.69) is 0 Å². The number of aliphatic hydroxyl groups is 2. The molecule has 3 atom stereocenters. The second-order valence-corrected chi connectivity index (χ2v) is 7.92. The van der Waals surface area contributed by atoms with Crippen LogP contribution in [0.4, 0.5) is 0 Å². The molecule has 3 aromatic rings. The second-order valence-electron chi connectivity index (χ2n) is 7.92. The van der Waals surface area contributed by atoms with Crippen molar-refractivity contribution in [3.05, 3.63) is 59.7 Å². The van der Waals surface area contributed by atoms with Gasteiger partial charge in [-0.1, -0.05) is 6.07 Å². The van der Waals surface area contributed by atoms with Crippen LogP contribution < -0.4 is 0 Å². The summed E-state index contributed by atoms with van der Waals surface area (Å²) in [6, 6.07) is 9.18. The molecule has 7 N–H and O–H groups in total. The predicted octanol–water partition coefficient (Wildman–Crippen LogP) is 1.99. The minimum atomic E-state index is -1.54. The number of fused-ring (bicyclic) bond motifs is 1. The van der Waals surface area contributed by atoms with Crippen molar-refractivity contribution in [1.29, 1.82) is 0 Å². The van der Waals surface area contributed by atoms with Gasteiger partial charge in [-0.15, -0.1) is 0 Å². The highest BCUT2D eigenvalue weighted by Gasteiger charge is 2.36. The van der Waals surface area contributed by atoms with E-state index in [0.29, 0.717) is 21.9 Å². The molecule has 1 aliphatic carbocycles. The van der Waals surface area contributed by atoms with Gasteiger partial charge < -0.3 is 40.5 Å². The van der Waals surface area contributed by atoms with Crippen molar-refractivity contribution < 1.29 is 50.1 Å². The Labute approximate surface area is 191 Å². The van der Waals surface area contributed by atoms with Crippen molar-refractivity contribution in [2.75, 3.05) is 0 Å². The molecule has 0 saturated heterocycles. The Morgan fingerprint density at radius 2 is 1.53 bits per heavy atom. The summed E-state index contributed by atoms with van der Waals surface area (Å²) in [6.07, 6.45) is -3.74. The van der Waals surface area contributed by atoms with E-state index >= 15 is 0 Å². The van der Waals surface area contributed by atoms with E-state index in [0.717, 1.165) is 6.08 Å². The van der Waals surface area contributed by atoms with E-state index in [1.807, 2.05) is 0 Å². The van der Waals surface area contributed by atoms with Gasteiger partial charge in [-0.3, -0.25) is 0 Å². The zero-order chi connectivity index (χ0) is 24.7. The number of carbonyl (C=O) groups is 2. The number of phenolic OH excluding ortho intramolecular Hbond substituents is 4. The first kappa shape index (κ1) is 22.9. The molecule has 0 bridgehead atoms. The maximum atomic E-state index is 13.0. The van der Waals surface area contributed by atoms with Gasteiger partial charge in [-0.25, -0.2) is 9.59 Å². The summed E-state index contributed by atoms with van der Waals surface area (Å²) in [5.74, 6) is -3.91. The number of rotatable bonds is 4. The van der Waals surface area contributed by atoms with E-state index < -0.39 is 47.5 Å². The molecule has 0 unspecified atom stereocenters. The number of esters is 1. The van der Waals surface area contributed by atoms with Crippen LogP contribution in [0, 0.1) is 0 Å². The molecule has 0 aliphatic heterocycles.